The fourth-order valence-electron chi connectivity index (χ4n) is 15.9. The Bertz CT molecular complexity index is 2990. The molecule has 2 aliphatic heterocycles. The Morgan fingerprint density at radius 2 is 1.11 bits per heavy atom. The maximum atomic E-state index is 14.2. The fraction of sp³-hybridized carbons (Fsp3) is 0.686. The zero-order valence-electron chi connectivity index (χ0n) is 53.6. The van der Waals surface area contributed by atoms with E-state index in [2.05, 4.69) is 0 Å². The van der Waals surface area contributed by atoms with Gasteiger partial charge in [0.2, 0.25) is 17.6 Å². The lowest BCUT2D eigenvalue weighted by atomic mass is 9.75. The number of Topliss-reactive ketones (excluding diaryl/α,β-unsaturated/α-hetero) is 2. The number of aryl methyl sites for hydroxylation is 1. The molecule has 90 heavy (non-hydrogen) atoms. The molecule has 7 atom stereocenters. The molecule has 6 fully saturated rings. The SMILES string of the molecule is CCOCCCOC(=O)c1cc2cc(CC(=O)[C@@H]3[C@H](C4CCCCC4)CCN3C(=O)C3CCC([C@H](N)CF)CC3)ccc2n1C.CO[C@@H](C)COC(=O)c1cc2cc(CC(=O)[C@@H]3[C@H](C4CCCCC4)CCN3C(=O)C3CCC([C@H](N)CF)CC3)ccc2o1.Cl.Cl. The molecule has 20 heteroatoms. The second-order valence-electron chi connectivity index (χ2n) is 26.6. The van der Waals surface area contributed by atoms with Crippen molar-refractivity contribution in [2.45, 2.75) is 192 Å². The van der Waals surface area contributed by atoms with E-state index in [1.807, 2.05) is 71.7 Å². The van der Waals surface area contributed by atoms with Crippen molar-refractivity contribution in [1.29, 1.82) is 0 Å². The van der Waals surface area contributed by atoms with Crippen LogP contribution in [0.3, 0.4) is 0 Å². The fourth-order valence-corrected chi connectivity index (χ4v) is 15.9. The van der Waals surface area contributed by atoms with Crippen molar-refractivity contribution in [2.24, 2.45) is 65.9 Å². The zero-order valence-corrected chi connectivity index (χ0v) is 55.2. The summed E-state index contributed by atoms with van der Waals surface area (Å²) in [6, 6.07) is 13.2. The highest BCUT2D eigenvalue weighted by atomic mass is 35.5. The van der Waals surface area contributed by atoms with Crippen LogP contribution in [0.4, 0.5) is 8.78 Å². The molecule has 4 heterocycles. The van der Waals surface area contributed by atoms with Gasteiger partial charge < -0.3 is 49.2 Å². The molecular formula is C70H101Cl2F2N5O11. The first-order chi connectivity index (χ1) is 42.6. The van der Waals surface area contributed by atoms with Crippen LogP contribution in [0.2, 0.25) is 0 Å². The van der Waals surface area contributed by atoms with E-state index in [0.29, 0.717) is 88.1 Å². The molecule has 4 N–H and O–H groups in total. The van der Waals surface area contributed by atoms with Crippen LogP contribution in [0.1, 0.15) is 181 Å². The predicted molar refractivity (Wildman–Crippen MR) is 348 cm³/mol. The number of halogens is 4. The van der Waals surface area contributed by atoms with Crippen LogP contribution >= 0.6 is 24.8 Å². The number of aromatic nitrogens is 1. The van der Waals surface area contributed by atoms with E-state index >= 15 is 0 Å². The van der Waals surface area contributed by atoms with Gasteiger partial charge >= 0.3 is 11.9 Å². The standard InChI is InChI=1S/C36H52FN3O5.C34H47FN2O6.2ClH/c1-3-44-18-7-19-45-36(43)32-22-28-20-24(10-15-31(28)39(32)2)21-33(41)34-29(25-8-5-4-6-9-25)16-17-40(34)35(42)27-13-11-26(12-14-27)30(38)23-37;1-21(41-2)20-42-34(40)31-18-26-16-22(8-13-30(26)43-31)17-29(38)32-27(23-6-4-3-5-7-23)14-15-37(32)33(39)25-11-9-24(10-12-25)28(36)19-35;;/h10,15,20,22,25-27,29-30,34H,3-9,11-14,16-19,21,23,38H2,1-2H3;8,13,16,18,21,23-25,27-28,32H,3-7,9-12,14-15,17,19-20,36H2,1-2H3;2*1H/t26?,27?,29-,30+,34-;21-,24?,25?,27-,28+,32-;;/m00../s1. The molecular weight excluding hydrogens is 1200 g/mol. The quantitative estimate of drug-likeness (QED) is 0.0494. The van der Waals surface area contributed by atoms with Crippen LogP contribution in [0.5, 0.6) is 0 Å². The average Bonchev–Trinajstić information content (AvgIpc) is 2.59. The maximum absolute atomic E-state index is 14.2. The molecule has 0 spiro atoms. The molecule has 2 aromatic carbocycles. The third-order valence-corrected chi connectivity index (χ3v) is 21.0. The molecule has 6 aliphatic rings. The van der Waals surface area contributed by atoms with Gasteiger partial charge in [0.05, 0.1) is 24.8 Å². The molecule has 0 bridgehead atoms. The number of alkyl halides is 2. The van der Waals surface area contributed by atoms with E-state index in [0.717, 1.165) is 91.6 Å². The summed E-state index contributed by atoms with van der Waals surface area (Å²) in [6.45, 7) is 5.55. The van der Waals surface area contributed by atoms with Gasteiger partial charge in [-0.15, -0.1) is 24.8 Å². The van der Waals surface area contributed by atoms with E-state index in [-0.39, 0.29) is 121 Å². The number of ether oxygens (including phenoxy) is 4. The number of amides is 2. The molecule has 16 nitrogen and oxygen atoms in total. The number of methoxy groups -OCH3 is 1. The van der Waals surface area contributed by atoms with Crippen molar-refractivity contribution in [3.8, 4) is 0 Å². The third kappa shape index (κ3) is 17.8. The zero-order chi connectivity index (χ0) is 62.4. The van der Waals surface area contributed by atoms with E-state index in [1.54, 1.807) is 19.2 Å². The van der Waals surface area contributed by atoms with Crippen LogP contribution in [0.15, 0.2) is 52.9 Å². The van der Waals surface area contributed by atoms with Gasteiger partial charge in [0.1, 0.15) is 31.2 Å². The Labute approximate surface area is 543 Å². The maximum Gasteiger partial charge on any atom is 0.374 e. The van der Waals surface area contributed by atoms with Crippen molar-refractivity contribution >= 4 is 82.0 Å². The third-order valence-electron chi connectivity index (χ3n) is 21.0. The highest BCUT2D eigenvalue weighted by Crippen LogP contribution is 2.44. The van der Waals surface area contributed by atoms with E-state index in [9.17, 15) is 37.5 Å². The molecule has 2 saturated heterocycles. The van der Waals surface area contributed by atoms with Gasteiger partial charge in [0.15, 0.2) is 11.6 Å². The number of hydrogen-bond donors (Lipinski definition) is 2. The van der Waals surface area contributed by atoms with Gasteiger partial charge in [-0.1, -0.05) is 76.3 Å². The molecule has 10 rings (SSSR count). The summed E-state index contributed by atoms with van der Waals surface area (Å²) in [4.78, 5) is 85.3. The Hall–Kier alpha value is -4.98. The van der Waals surface area contributed by atoms with Crippen molar-refractivity contribution < 1.29 is 60.9 Å². The van der Waals surface area contributed by atoms with E-state index in [1.165, 1.54) is 38.5 Å². The van der Waals surface area contributed by atoms with Gasteiger partial charge in [0.25, 0.3) is 0 Å². The number of fused-ring (bicyclic) bond motifs is 2. The summed E-state index contributed by atoms with van der Waals surface area (Å²) in [5.74, 6) is 0.844. The van der Waals surface area contributed by atoms with Gasteiger partial charge in [-0.2, -0.15) is 0 Å². The lowest BCUT2D eigenvalue weighted by Gasteiger charge is -2.37. The first kappa shape index (κ1) is 72.4. The minimum atomic E-state index is -0.561. The normalized spacial score (nSPS) is 25.1. The molecule has 2 amide bonds. The second kappa shape index (κ2) is 34.8. The highest BCUT2D eigenvalue weighted by molar-refractivity contribution is 5.98. The summed E-state index contributed by atoms with van der Waals surface area (Å²) in [5, 5.41) is 1.61. The average molecular weight is 1300 g/mol. The first-order valence-corrected chi connectivity index (χ1v) is 33.5. The number of carbonyl (C=O) groups is 6. The number of likely N-dealkylation sites (tertiary alicyclic amines) is 2. The number of nitrogens with two attached hydrogens (primary N) is 2. The molecule has 0 radical (unpaired) electrons. The molecule has 4 aliphatic carbocycles. The first-order valence-electron chi connectivity index (χ1n) is 33.5. The Morgan fingerprint density at radius 3 is 1.60 bits per heavy atom. The number of benzene rings is 2. The number of nitrogens with zero attached hydrogens (tertiary/aromatic N) is 3. The van der Waals surface area contributed by atoms with Crippen molar-refractivity contribution in [3.05, 3.63) is 71.1 Å². The summed E-state index contributed by atoms with van der Waals surface area (Å²) in [6.07, 6.45) is 20.2. The van der Waals surface area contributed by atoms with Gasteiger partial charge in [-0.25, -0.2) is 18.4 Å². The van der Waals surface area contributed by atoms with Crippen molar-refractivity contribution in [1.82, 2.24) is 14.4 Å². The smallest absolute Gasteiger partial charge is 0.374 e. The van der Waals surface area contributed by atoms with E-state index < -0.39 is 43.5 Å². The van der Waals surface area contributed by atoms with Crippen molar-refractivity contribution in [2.75, 3.05) is 60.0 Å². The summed E-state index contributed by atoms with van der Waals surface area (Å²) < 4.78 is 55.0. The Balaban J connectivity index is 0.000000251. The number of hydrogen-bond acceptors (Lipinski definition) is 13. The van der Waals surface area contributed by atoms with Gasteiger partial charge in [0, 0.05) is 99.9 Å². The molecule has 4 saturated carbocycles. The number of esters is 2. The number of rotatable bonds is 24. The van der Waals surface area contributed by atoms with Gasteiger partial charge in [-0.3, -0.25) is 19.2 Å². The lowest BCUT2D eigenvalue weighted by molar-refractivity contribution is -0.143. The molecule has 500 valence electrons. The Morgan fingerprint density at radius 1 is 0.611 bits per heavy atom. The Kier molecular flexibility index (Phi) is 28.0. The number of ketones is 2. The van der Waals surface area contributed by atoms with Crippen LogP contribution in [-0.4, -0.2) is 140 Å². The molecule has 4 aromatic rings. The van der Waals surface area contributed by atoms with Crippen LogP contribution in [-0.2, 0) is 58.0 Å². The van der Waals surface area contributed by atoms with Crippen LogP contribution in [0.25, 0.3) is 21.9 Å². The summed E-state index contributed by atoms with van der Waals surface area (Å²) in [5.41, 5.74) is 15.6. The largest absolute Gasteiger partial charge is 0.461 e. The van der Waals surface area contributed by atoms with Gasteiger partial charge in [-0.05, 0) is 161 Å². The predicted octanol–water partition coefficient (Wildman–Crippen LogP) is 12.3. The minimum Gasteiger partial charge on any atom is -0.461 e. The van der Waals surface area contributed by atoms with E-state index in [4.69, 9.17) is 34.8 Å². The molecule has 0 unspecified atom stereocenters. The summed E-state index contributed by atoms with van der Waals surface area (Å²) in [7, 11) is 3.40. The second-order valence-corrected chi connectivity index (χ2v) is 26.6. The highest BCUT2D eigenvalue weighted by Gasteiger charge is 2.48. The lowest BCUT2D eigenvalue weighted by Crippen LogP contribution is -2.48. The monoisotopic (exact) mass is 1300 g/mol. The van der Waals surface area contributed by atoms with Crippen LogP contribution in [0, 0.1) is 47.3 Å². The van der Waals surface area contributed by atoms with Crippen LogP contribution < -0.4 is 11.5 Å². The summed E-state index contributed by atoms with van der Waals surface area (Å²) >= 11 is 0. The van der Waals surface area contributed by atoms with Crippen molar-refractivity contribution in [3.63, 3.8) is 0 Å². The topological polar surface area (TPSA) is 216 Å². The minimum absolute atomic E-state index is 0. The molecule has 2 aromatic heterocycles. The number of carbonyl (C=O) groups excluding carboxylic acids is 6. The number of furan rings is 1.